The van der Waals surface area contributed by atoms with E-state index in [-0.39, 0.29) is 35.1 Å². The van der Waals surface area contributed by atoms with Gasteiger partial charge in [-0.05, 0) is 42.5 Å². The number of hydrogen-bond donors (Lipinski definition) is 1. The highest BCUT2D eigenvalue weighted by Gasteiger charge is 2.54. The Hall–Kier alpha value is -3.82. The predicted octanol–water partition coefficient (Wildman–Crippen LogP) is 3.02. The molecule has 0 radical (unpaired) electrons. The Balaban J connectivity index is 1.92. The van der Waals surface area contributed by atoms with E-state index in [1.165, 1.54) is 61.2 Å². The lowest BCUT2D eigenvalue weighted by Gasteiger charge is -2.49. The maximum absolute atomic E-state index is 13.3. The molecular weight excluding hydrogens is 513 g/mol. The standard InChI is InChI=1S/C23H25F3N6O6/c1-22(21(36-3)37-4)20(33)19(16-11-15(32(34)35)9-10-17(16)38-22)31(12-18-27-29-30(2)28-18)14-7-5-13(6-8-14)23(24,25)26/h5-11,19-21,33H,12H2,1-4H3/t19-,20-,22-/m1/s1. The van der Waals surface area contributed by atoms with Crippen LogP contribution in [0.25, 0.3) is 0 Å². The Morgan fingerprint density at radius 1 is 1.24 bits per heavy atom. The lowest BCUT2D eigenvalue weighted by molar-refractivity contribution is -0.385. The van der Waals surface area contributed by atoms with Crippen molar-refractivity contribution >= 4 is 11.4 Å². The van der Waals surface area contributed by atoms with Crippen molar-refractivity contribution in [2.24, 2.45) is 7.05 Å². The third kappa shape index (κ3) is 4.99. The lowest BCUT2D eigenvalue weighted by Crippen LogP contribution is -2.62. The largest absolute Gasteiger partial charge is 0.479 e. The molecule has 0 saturated carbocycles. The first-order valence-electron chi connectivity index (χ1n) is 11.3. The molecule has 3 atom stereocenters. The number of nitro groups is 1. The zero-order valence-corrected chi connectivity index (χ0v) is 20.8. The van der Waals surface area contributed by atoms with Crippen molar-refractivity contribution in [1.82, 2.24) is 20.2 Å². The molecular formula is C23H25F3N6O6. The maximum Gasteiger partial charge on any atom is 0.416 e. The molecule has 2 aromatic carbocycles. The number of anilines is 1. The number of methoxy groups -OCH3 is 2. The van der Waals surface area contributed by atoms with Gasteiger partial charge in [0.2, 0.25) is 0 Å². The van der Waals surface area contributed by atoms with Crippen LogP contribution >= 0.6 is 0 Å². The van der Waals surface area contributed by atoms with Gasteiger partial charge < -0.3 is 24.2 Å². The number of aryl methyl sites for hydroxylation is 1. The van der Waals surface area contributed by atoms with Crippen molar-refractivity contribution < 1.29 is 37.4 Å². The topological polar surface area (TPSA) is 138 Å². The molecule has 0 saturated heterocycles. The maximum atomic E-state index is 13.3. The van der Waals surface area contributed by atoms with Gasteiger partial charge in [0.1, 0.15) is 11.9 Å². The van der Waals surface area contributed by atoms with Gasteiger partial charge in [0, 0.05) is 37.6 Å². The number of aromatic nitrogens is 4. The molecule has 2 heterocycles. The Bertz CT molecular complexity index is 1300. The molecule has 0 aliphatic carbocycles. The quantitative estimate of drug-likeness (QED) is 0.259. The summed E-state index contributed by atoms with van der Waals surface area (Å²) < 4.78 is 56.7. The number of ether oxygens (including phenoxy) is 3. The van der Waals surface area contributed by atoms with Gasteiger partial charge in [0.25, 0.3) is 5.69 Å². The number of aliphatic hydroxyl groups excluding tert-OH is 1. The van der Waals surface area contributed by atoms with Crippen molar-refractivity contribution in [2.45, 2.75) is 43.7 Å². The Kier molecular flexibility index (Phi) is 7.27. The van der Waals surface area contributed by atoms with Crippen LogP contribution in [0.1, 0.15) is 29.9 Å². The van der Waals surface area contributed by atoms with Crippen molar-refractivity contribution in [3.8, 4) is 5.75 Å². The van der Waals surface area contributed by atoms with Crippen LogP contribution in [0.5, 0.6) is 5.75 Å². The fourth-order valence-electron chi connectivity index (χ4n) is 4.58. The summed E-state index contributed by atoms with van der Waals surface area (Å²) in [5, 5.41) is 35.3. The van der Waals surface area contributed by atoms with E-state index in [4.69, 9.17) is 14.2 Å². The molecule has 1 aliphatic rings. The van der Waals surface area contributed by atoms with Crippen molar-refractivity contribution in [1.29, 1.82) is 0 Å². The third-order valence-corrected chi connectivity index (χ3v) is 6.36. The minimum Gasteiger partial charge on any atom is -0.479 e. The van der Waals surface area contributed by atoms with Crippen LogP contribution in [0.4, 0.5) is 24.5 Å². The van der Waals surface area contributed by atoms with Gasteiger partial charge in [-0.15, -0.1) is 10.2 Å². The summed E-state index contributed by atoms with van der Waals surface area (Å²) in [4.78, 5) is 13.7. The second-order valence-corrected chi connectivity index (χ2v) is 8.83. The Labute approximate surface area is 214 Å². The fourth-order valence-corrected chi connectivity index (χ4v) is 4.58. The molecule has 0 amide bonds. The van der Waals surface area contributed by atoms with E-state index in [1.807, 2.05) is 0 Å². The fraction of sp³-hybridized carbons (Fsp3) is 0.435. The van der Waals surface area contributed by atoms with Crippen molar-refractivity contribution in [3.05, 3.63) is 69.5 Å². The van der Waals surface area contributed by atoms with Crippen LogP contribution in [0.15, 0.2) is 42.5 Å². The normalized spacial score (nSPS) is 21.2. The molecule has 0 unspecified atom stereocenters. The summed E-state index contributed by atoms with van der Waals surface area (Å²) in [5.74, 6) is 0.381. The average Bonchev–Trinajstić information content (AvgIpc) is 3.28. The third-order valence-electron chi connectivity index (χ3n) is 6.36. The van der Waals surface area contributed by atoms with Crippen molar-refractivity contribution in [2.75, 3.05) is 19.1 Å². The number of nitrogens with zero attached hydrogens (tertiary/aromatic N) is 6. The van der Waals surface area contributed by atoms with E-state index in [2.05, 4.69) is 15.4 Å². The molecule has 1 aromatic heterocycles. The number of alkyl halides is 3. The summed E-state index contributed by atoms with van der Waals surface area (Å²) in [5.41, 5.74) is -2.21. The lowest BCUT2D eigenvalue weighted by atomic mass is 9.83. The van der Waals surface area contributed by atoms with E-state index in [9.17, 15) is 28.4 Å². The molecule has 15 heteroatoms. The Morgan fingerprint density at radius 3 is 2.42 bits per heavy atom. The molecule has 1 aliphatic heterocycles. The first kappa shape index (κ1) is 27.2. The molecule has 4 rings (SSSR count). The highest BCUT2D eigenvalue weighted by Crippen LogP contribution is 2.47. The number of non-ortho nitro benzene ring substituents is 1. The van der Waals surface area contributed by atoms with Gasteiger partial charge in [-0.25, -0.2) is 0 Å². The van der Waals surface area contributed by atoms with Crippen LogP contribution in [-0.4, -0.2) is 62.5 Å². The summed E-state index contributed by atoms with van der Waals surface area (Å²) >= 11 is 0. The number of hydrogen-bond acceptors (Lipinski definition) is 10. The number of aliphatic hydroxyl groups is 1. The first-order valence-corrected chi connectivity index (χ1v) is 11.3. The molecule has 0 bridgehead atoms. The summed E-state index contributed by atoms with van der Waals surface area (Å²) in [7, 11) is 4.25. The van der Waals surface area contributed by atoms with Gasteiger partial charge in [-0.2, -0.15) is 18.0 Å². The van der Waals surface area contributed by atoms with Crippen LogP contribution in [0.3, 0.4) is 0 Å². The van der Waals surface area contributed by atoms with Gasteiger partial charge >= 0.3 is 6.18 Å². The van der Waals surface area contributed by atoms with E-state index in [0.717, 1.165) is 12.1 Å². The number of fused-ring (bicyclic) bond motifs is 1. The summed E-state index contributed by atoms with van der Waals surface area (Å²) in [6.45, 7) is 1.42. The van der Waals surface area contributed by atoms with E-state index in [0.29, 0.717) is 0 Å². The highest BCUT2D eigenvalue weighted by atomic mass is 19.4. The number of nitro benzene ring substituents is 1. The van der Waals surface area contributed by atoms with Gasteiger partial charge in [-0.1, -0.05) is 0 Å². The van der Waals surface area contributed by atoms with Gasteiger partial charge in [0.15, 0.2) is 17.7 Å². The molecule has 3 aromatic rings. The first-order chi connectivity index (χ1) is 17.9. The van der Waals surface area contributed by atoms with Crippen LogP contribution in [0.2, 0.25) is 0 Å². The van der Waals surface area contributed by atoms with Crippen LogP contribution in [0, 0.1) is 10.1 Å². The molecule has 38 heavy (non-hydrogen) atoms. The van der Waals surface area contributed by atoms with Crippen molar-refractivity contribution in [3.63, 3.8) is 0 Å². The Morgan fingerprint density at radius 2 is 1.89 bits per heavy atom. The van der Waals surface area contributed by atoms with E-state index in [1.54, 1.807) is 7.05 Å². The second-order valence-electron chi connectivity index (χ2n) is 8.83. The monoisotopic (exact) mass is 538 g/mol. The smallest absolute Gasteiger partial charge is 0.416 e. The molecule has 1 N–H and O–H groups in total. The van der Waals surface area contributed by atoms with E-state index >= 15 is 0 Å². The number of halogens is 3. The highest BCUT2D eigenvalue weighted by molar-refractivity contribution is 5.56. The number of tetrazole rings is 1. The average molecular weight is 538 g/mol. The zero-order valence-electron chi connectivity index (χ0n) is 20.8. The minimum atomic E-state index is -4.57. The van der Waals surface area contributed by atoms with Crippen LogP contribution < -0.4 is 9.64 Å². The van der Waals surface area contributed by atoms with E-state index < -0.39 is 40.7 Å². The van der Waals surface area contributed by atoms with Gasteiger partial charge in [-0.3, -0.25) is 10.1 Å². The molecule has 0 fully saturated rings. The SMILES string of the molecule is COC(OC)[C@]1(C)Oc2ccc([N+](=O)[O-])cc2[C@@H](N(Cc2nnn(C)n2)c2ccc(C(F)(F)F)cc2)[C@H]1O. The van der Waals surface area contributed by atoms with Gasteiger partial charge in [0.05, 0.1) is 30.1 Å². The molecule has 12 nitrogen and oxygen atoms in total. The van der Waals surface area contributed by atoms with Crippen LogP contribution in [-0.2, 0) is 29.2 Å². The minimum absolute atomic E-state index is 0.121. The molecule has 204 valence electrons. The summed E-state index contributed by atoms with van der Waals surface area (Å²) in [6.07, 6.45) is -7.13. The second kappa shape index (κ2) is 10.2. The predicted molar refractivity (Wildman–Crippen MR) is 125 cm³/mol. The zero-order chi connectivity index (χ0) is 27.8. The number of rotatable bonds is 8. The molecule has 0 spiro atoms. The summed E-state index contributed by atoms with van der Waals surface area (Å²) in [6, 6.07) is 7.06. The number of benzene rings is 2.